The molecule has 9 rings (SSSR count). The maximum atomic E-state index is 9.31. The van der Waals surface area contributed by atoms with Gasteiger partial charge in [0.05, 0.1) is 9.60 Å². The molecule has 1 nitrogen and oxygen atoms in total. The fraction of sp³-hybridized carbons (Fsp3) is 0. The summed E-state index contributed by atoms with van der Waals surface area (Å²) < 4.78 is 66.3. The number of furan rings is 1. The fourth-order valence-corrected chi connectivity index (χ4v) is 6.37. The van der Waals surface area contributed by atoms with E-state index in [2.05, 4.69) is 72.8 Å². The van der Waals surface area contributed by atoms with Gasteiger partial charge in [0.1, 0.15) is 11.2 Å². The summed E-state index contributed by atoms with van der Waals surface area (Å²) in [5, 5.41) is 6.79. The summed E-state index contributed by atoms with van der Waals surface area (Å²) >= 11 is 0. The highest BCUT2D eigenvalue weighted by Crippen LogP contribution is 2.44. The summed E-state index contributed by atoms with van der Waals surface area (Å²) in [7, 11) is 0. The molecule has 0 atom stereocenters. The molecule has 0 radical (unpaired) electrons. The van der Waals surface area contributed by atoms with Gasteiger partial charge in [-0.15, -0.1) is 0 Å². The predicted octanol–water partition coefficient (Wildman–Crippen LogP) is 12.0. The molecular weight excluding hydrogens is 520 g/mol. The lowest BCUT2D eigenvalue weighted by molar-refractivity contribution is 0.669. The van der Waals surface area contributed by atoms with Crippen molar-refractivity contribution in [2.75, 3.05) is 0 Å². The maximum Gasteiger partial charge on any atom is 0.135 e. The summed E-state index contributed by atoms with van der Waals surface area (Å²) in [5.41, 5.74) is 4.68. The molecule has 0 unspecified atom stereocenters. The molecule has 0 fully saturated rings. The van der Waals surface area contributed by atoms with E-state index in [1.54, 1.807) is 0 Å². The Kier molecular flexibility index (Phi) is 3.95. The van der Waals surface area contributed by atoms with Crippen LogP contribution in [-0.2, 0) is 0 Å². The average Bonchev–Trinajstić information content (AvgIpc) is 3.56. The van der Waals surface area contributed by atoms with Crippen LogP contribution in [0.15, 0.2) is 162 Å². The van der Waals surface area contributed by atoms with E-state index in [1.165, 1.54) is 10.8 Å². The molecule has 0 saturated carbocycles. The second-order valence-electron chi connectivity index (χ2n) is 10.7. The van der Waals surface area contributed by atoms with Crippen molar-refractivity contribution < 1.29 is 14.0 Å². The Bertz CT molecular complexity index is 2850. The number of para-hydroxylation sites is 1. The van der Waals surface area contributed by atoms with E-state index in [0.717, 1.165) is 43.8 Å². The van der Waals surface area contributed by atoms with Gasteiger partial charge in [-0.3, -0.25) is 0 Å². The minimum Gasteiger partial charge on any atom is -0.456 e. The van der Waals surface area contributed by atoms with Crippen molar-refractivity contribution in [1.29, 1.82) is 0 Å². The number of hydrogen-bond donors (Lipinski definition) is 0. The minimum atomic E-state index is -0.454. The summed E-state index contributed by atoms with van der Waals surface area (Å²) in [4.78, 5) is 0. The summed E-state index contributed by atoms with van der Waals surface area (Å²) in [6.07, 6.45) is 0. The Morgan fingerprint density at radius 3 is 1.74 bits per heavy atom. The third-order valence-electron chi connectivity index (χ3n) is 8.29. The van der Waals surface area contributed by atoms with Crippen LogP contribution in [0.3, 0.4) is 0 Å². The van der Waals surface area contributed by atoms with Crippen molar-refractivity contribution in [3.8, 4) is 33.4 Å². The van der Waals surface area contributed by atoms with Crippen LogP contribution >= 0.6 is 0 Å². The zero-order valence-corrected chi connectivity index (χ0v) is 22.9. The summed E-state index contributed by atoms with van der Waals surface area (Å²) in [6, 6.07) is 37.1. The van der Waals surface area contributed by atoms with Gasteiger partial charge in [-0.2, -0.15) is 0 Å². The normalized spacial score (nSPS) is 14.0. The molecule has 9 aromatic rings. The minimum absolute atomic E-state index is 0.0446. The first-order chi connectivity index (χ1) is 24.2. The van der Waals surface area contributed by atoms with E-state index in [9.17, 15) is 1.37 Å². The van der Waals surface area contributed by atoms with Gasteiger partial charge >= 0.3 is 0 Å². The largest absolute Gasteiger partial charge is 0.456 e. The highest BCUT2D eigenvalue weighted by Gasteiger charge is 2.17. The van der Waals surface area contributed by atoms with Gasteiger partial charge in [0.2, 0.25) is 0 Å². The second-order valence-corrected chi connectivity index (χ2v) is 10.7. The van der Waals surface area contributed by atoms with Crippen molar-refractivity contribution in [2.24, 2.45) is 0 Å². The van der Waals surface area contributed by atoms with E-state index in [0.29, 0.717) is 5.56 Å². The van der Waals surface area contributed by atoms with E-state index >= 15 is 0 Å². The zero-order valence-electron chi connectivity index (χ0n) is 29.9. The van der Waals surface area contributed by atoms with Crippen LogP contribution in [-0.4, -0.2) is 0 Å². The molecular formula is C42H26O. The maximum absolute atomic E-state index is 9.31. The van der Waals surface area contributed by atoms with Crippen LogP contribution in [0.1, 0.15) is 9.60 Å². The lowest BCUT2D eigenvalue weighted by Gasteiger charge is -2.18. The van der Waals surface area contributed by atoms with Crippen molar-refractivity contribution in [2.45, 2.75) is 0 Å². The van der Waals surface area contributed by atoms with Crippen LogP contribution in [0.2, 0.25) is 0 Å². The van der Waals surface area contributed by atoms with Gasteiger partial charge in [0, 0.05) is 10.8 Å². The molecule has 0 bridgehead atoms. The summed E-state index contributed by atoms with van der Waals surface area (Å²) in [6.45, 7) is 0. The van der Waals surface area contributed by atoms with Gasteiger partial charge in [0.25, 0.3) is 0 Å². The number of fused-ring (bicyclic) bond motifs is 6. The van der Waals surface area contributed by atoms with Crippen molar-refractivity contribution in [1.82, 2.24) is 0 Å². The van der Waals surface area contributed by atoms with Crippen LogP contribution in [0.25, 0.3) is 87.6 Å². The quantitative estimate of drug-likeness (QED) is 0.198. The lowest BCUT2D eigenvalue weighted by atomic mass is 9.85. The highest BCUT2D eigenvalue weighted by molar-refractivity contribution is 6.22. The SMILES string of the molecule is [2H]c1c([2H])c([2H])c2c(oc3c([2H])c([2H])c(-c4cccc(-c5c6ccccc6c(-c6ccc7ccccc7c6)c6ccccc56)c4)c([2H])c32)c1[2H]. The zero-order chi connectivity index (χ0) is 34.4. The van der Waals surface area contributed by atoms with Gasteiger partial charge in [-0.1, -0.05) is 127 Å². The Morgan fingerprint density at radius 1 is 0.395 bits per heavy atom. The molecule has 0 aliphatic carbocycles. The van der Waals surface area contributed by atoms with Gasteiger partial charge < -0.3 is 4.42 Å². The first-order valence-electron chi connectivity index (χ1n) is 17.7. The molecule has 200 valence electrons. The molecule has 0 aliphatic heterocycles. The average molecular weight is 554 g/mol. The van der Waals surface area contributed by atoms with Crippen LogP contribution < -0.4 is 0 Å². The predicted molar refractivity (Wildman–Crippen MR) is 183 cm³/mol. The van der Waals surface area contributed by atoms with Crippen LogP contribution in [0.5, 0.6) is 0 Å². The van der Waals surface area contributed by atoms with Crippen molar-refractivity contribution >= 4 is 54.3 Å². The van der Waals surface area contributed by atoms with Gasteiger partial charge in [0.15, 0.2) is 0 Å². The molecule has 1 heterocycles. The molecule has 8 aromatic carbocycles. The highest BCUT2D eigenvalue weighted by atomic mass is 16.3. The topological polar surface area (TPSA) is 13.1 Å². The molecule has 0 spiro atoms. The molecule has 0 saturated heterocycles. The standard InChI is InChI=1S/C42H26O/c1-2-11-28-24-32(21-20-27(28)10-1)42-36-17-5-3-15-34(36)41(35-16-4-6-18-37(35)42)31-13-9-12-29(25-31)30-22-23-40-38(26-30)33-14-7-8-19-39(33)43-40/h1-26H/i7D,8D,14D,19D,22D,23D,26D. The van der Waals surface area contributed by atoms with Gasteiger partial charge in [-0.05, 0) is 96.0 Å². The third kappa shape index (κ3) is 3.79. The Hall–Kier alpha value is -5.66. The molecule has 0 N–H and O–H groups in total. The molecule has 1 heteroatoms. The number of rotatable bonds is 3. The second kappa shape index (κ2) is 9.44. The first kappa shape index (κ1) is 18.0. The smallest absolute Gasteiger partial charge is 0.135 e. The third-order valence-corrected chi connectivity index (χ3v) is 8.29. The molecule has 43 heavy (non-hydrogen) atoms. The molecule has 1 aromatic heterocycles. The van der Waals surface area contributed by atoms with Crippen molar-refractivity contribution in [3.63, 3.8) is 0 Å². The van der Waals surface area contributed by atoms with E-state index < -0.39 is 12.1 Å². The van der Waals surface area contributed by atoms with Crippen molar-refractivity contribution in [3.05, 3.63) is 158 Å². The molecule has 0 aliphatic rings. The van der Waals surface area contributed by atoms with E-state index in [4.69, 9.17) is 12.6 Å². The Morgan fingerprint density at radius 2 is 1.00 bits per heavy atom. The van der Waals surface area contributed by atoms with Crippen LogP contribution in [0, 0.1) is 0 Å². The van der Waals surface area contributed by atoms with Crippen LogP contribution in [0.4, 0.5) is 0 Å². The van der Waals surface area contributed by atoms with E-state index in [-0.39, 0.29) is 57.7 Å². The van der Waals surface area contributed by atoms with E-state index in [1.807, 2.05) is 42.5 Å². The number of benzene rings is 8. The monoisotopic (exact) mass is 553 g/mol. The molecule has 0 amide bonds. The van der Waals surface area contributed by atoms with Gasteiger partial charge in [-0.25, -0.2) is 0 Å². The number of hydrogen-bond acceptors (Lipinski definition) is 1. The fourth-order valence-electron chi connectivity index (χ4n) is 6.37. The Labute approximate surface area is 259 Å². The first-order valence-corrected chi connectivity index (χ1v) is 14.2. The lowest BCUT2D eigenvalue weighted by Crippen LogP contribution is -1.91. The Balaban J connectivity index is 1.32. The summed E-state index contributed by atoms with van der Waals surface area (Å²) in [5.74, 6) is 0.